The third kappa shape index (κ3) is 3.91. The topological polar surface area (TPSA) is 86.0 Å². The van der Waals surface area contributed by atoms with Crippen LogP contribution in [0, 0.1) is 13.8 Å². The van der Waals surface area contributed by atoms with Crippen LogP contribution in [-0.4, -0.2) is 25.0 Å². The zero-order valence-corrected chi connectivity index (χ0v) is 16.8. The van der Waals surface area contributed by atoms with E-state index in [0.717, 1.165) is 16.5 Å². The molecule has 7 nitrogen and oxygen atoms in total. The van der Waals surface area contributed by atoms with Crippen LogP contribution in [0.2, 0.25) is 0 Å². The van der Waals surface area contributed by atoms with Crippen molar-refractivity contribution in [1.29, 1.82) is 0 Å². The summed E-state index contributed by atoms with van der Waals surface area (Å²) in [5.74, 6) is -0.243. The predicted octanol–water partition coefficient (Wildman–Crippen LogP) is 3.27. The number of ether oxygens (including phenoxy) is 2. The average molecular weight is 407 g/mol. The molecule has 1 aromatic heterocycles. The third-order valence-electron chi connectivity index (χ3n) is 5.15. The lowest BCUT2D eigenvalue weighted by Crippen LogP contribution is -2.36. The van der Waals surface area contributed by atoms with Gasteiger partial charge in [0.2, 0.25) is 5.91 Å². The van der Waals surface area contributed by atoms with Crippen molar-refractivity contribution in [2.75, 3.05) is 18.1 Å². The Bertz CT molecular complexity index is 1200. The number of aryl methyl sites for hydroxylation is 2. The number of carbonyl (C=O) groups is 2. The molecular formula is C23H21NO6. The van der Waals surface area contributed by atoms with Crippen molar-refractivity contribution in [3.8, 4) is 5.75 Å². The Labute approximate surface area is 172 Å². The van der Waals surface area contributed by atoms with Gasteiger partial charge in [0, 0.05) is 17.0 Å². The number of carbonyl (C=O) groups excluding carboxylic acids is 2. The van der Waals surface area contributed by atoms with Crippen LogP contribution in [0.25, 0.3) is 11.0 Å². The molecule has 4 rings (SSSR count). The molecule has 0 saturated heterocycles. The van der Waals surface area contributed by atoms with Gasteiger partial charge in [0.05, 0.1) is 18.7 Å². The average Bonchev–Trinajstić information content (AvgIpc) is 2.86. The number of nitrogens with zero attached hydrogens (tertiary/aromatic N) is 1. The molecule has 2 heterocycles. The fourth-order valence-electron chi connectivity index (χ4n) is 3.43. The molecule has 30 heavy (non-hydrogen) atoms. The maximum absolute atomic E-state index is 12.5. The van der Waals surface area contributed by atoms with Crippen molar-refractivity contribution in [3.05, 3.63) is 69.6 Å². The molecule has 0 atom stereocenters. The Kier molecular flexibility index (Phi) is 5.27. The molecule has 0 spiro atoms. The maximum atomic E-state index is 12.5. The summed E-state index contributed by atoms with van der Waals surface area (Å²) in [7, 11) is 0. The first-order chi connectivity index (χ1) is 14.4. The standard InChI is InChI=1S/C23H21NO6/c1-14-9-17-16(11-22(26)30-20(17)10-15(14)2)13-29-23(27)12-24-18-5-3-4-6-19(18)28-8-7-21(24)25/h3-6,9-11H,7-8,12-13H2,1-2H3. The number of hydrogen-bond donors (Lipinski definition) is 0. The van der Waals surface area contributed by atoms with Crippen LogP contribution in [0.3, 0.4) is 0 Å². The highest BCUT2D eigenvalue weighted by Gasteiger charge is 2.25. The van der Waals surface area contributed by atoms with Crippen LogP contribution >= 0.6 is 0 Å². The normalized spacial score (nSPS) is 13.5. The molecule has 154 valence electrons. The Balaban J connectivity index is 1.54. The second-order valence-electron chi connectivity index (χ2n) is 7.23. The van der Waals surface area contributed by atoms with Gasteiger partial charge in [-0.25, -0.2) is 4.79 Å². The van der Waals surface area contributed by atoms with E-state index in [1.54, 1.807) is 30.3 Å². The number of benzene rings is 2. The van der Waals surface area contributed by atoms with E-state index in [1.165, 1.54) is 11.0 Å². The molecule has 0 aliphatic carbocycles. The van der Waals surface area contributed by atoms with E-state index in [2.05, 4.69) is 0 Å². The van der Waals surface area contributed by atoms with E-state index >= 15 is 0 Å². The van der Waals surface area contributed by atoms with Crippen molar-refractivity contribution in [3.63, 3.8) is 0 Å². The fraction of sp³-hybridized carbons (Fsp3) is 0.261. The van der Waals surface area contributed by atoms with E-state index in [-0.39, 0.29) is 32.1 Å². The van der Waals surface area contributed by atoms with Gasteiger partial charge in [0.15, 0.2) is 0 Å². The van der Waals surface area contributed by atoms with Gasteiger partial charge in [-0.15, -0.1) is 0 Å². The number of esters is 1. The number of amides is 1. The number of anilines is 1. The molecule has 0 bridgehead atoms. The summed E-state index contributed by atoms with van der Waals surface area (Å²) in [5, 5.41) is 0.718. The molecule has 0 saturated carbocycles. The third-order valence-corrected chi connectivity index (χ3v) is 5.15. The summed E-state index contributed by atoms with van der Waals surface area (Å²) < 4.78 is 16.3. The van der Waals surface area contributed by atoms with Gasteiger partial charge < -0.3 is 13.9 Å². The molecule has 0 unspecified atom stereocenters. The zero-order chi connectivity index (χ0) is 21.3. The summed E-state index contributed by atoms with van der Waals surface area (Å²) in [6, 6.07) is 12.1. The quantitative estimate of drug-likeness (QED) is 0.487. The van der Waals surface area contributed by atoms with E-state index < -0.39 is 11.6 Å². The molecular weight excluding hydrogens is 386 g/mol. The predicted molar refractivity (Wildman–Crippen MR) is 111 cm³/mol. The van der Waals surface area contributed by atoms with Crippen molar-refractivity contribution >= 4 is 28.5 Å². The van der Waals surface area contributed by atoms with Gasteiger partial charge in [-0.1, -0.05) is 12.1 Å². The summed E-state index contributed by atoms with van der Waals surface area (Å²) in [6.45, 7) is 3.81. The Hall–Kier alpha value is -3.61. The van der Waals surface area contributed by atoms with Crippen molar-refractivity contribution in [1.82, 2.24) is 0 Å². The molecule has 0 radical (unpaired) electrons. The van der Waals surface area contributed by atoms with Crippen molar-refractivity contribution in [2.45, 2.75) is 26.9 Å². The first kappa shape index (κ1) is 19.7. The minimum absolute atomic E-state index is 0.0936. The van der Waals surface area contributed by atoms with Gasteiger partial charge in [-0.05, 0) is 49.2 Å². The first-order valence-electron chi connectivity index (χ1n) is 9.64. The van der Waals surface area contributed by atoms with Crippen LogP contribution in [0.1, 0.15) is 23.1 Å². The maximum Gasteiger partial charge on any atom is 0.336 e. The Morgan fingerprint density at radius 3 is 2.70 bits per heavy atom. The smallest absolute Gasteiger partial charge is 0.336 e. The van der Waals surface area contributed by atoms with Gasteiger partial charge in [-0.3, -0.25) is 14.5 Å². The first-order valence-corrected chi connectivity index (χ1v) is 9.64. The van der Waals surface area contributed by atoms with Crippen LogP contribution in [0.15, 0.2) is 51.7 Å². The summed E-state index contributed by atoms with van der Waals surface area (Å²) in [5.41, 5.74) is 3.07. The second kappa shape index (κ2) is 8.02. The van der Waals surface area contributed by atoms with Gasteiger partial charge in [0.1, 0.15) is 24.5 Å². The van der Waals surface area contributed by atoms with Gasteiger partial charge in [-0.2, -0.15) is 0 Å². The Morgan fingerprint density at radius 2 is 1.87 bits per heavy atom. The summed E-state index contributed by atoms with van der Waals surface area (Å²) >= 11 is 0. The lowest BCUT2D eigenvalue weighted by molar-refractivity contribution is -0.144. The van der Waals surface area contributed by atoms with Crippen LogP contribution in [0.5, 0.6) is 5.75 Å². The number of fused-ring (bicyclic) bond motifs is 2. The van der Waals surface area contributed by atoms with Crippen LogP contribution < -0.4 is 15.3 Å². The van der Waals surface area contributed by atoms with Crippen molar-refractivity contribution < 1.29 is 23.5 Å². The molecule has 1 amide bonds. The lowest BCUT2D eigenvalue weighted by Gasteiger charge is -2.21. The summed E-state index contributed by atoms with van der Waals surface area (Å²) in [4.78, 5) is 38.3. The molecule has 0 fully saturated rings. The molecule has 7 heteroatoms. The van der Waals surface area contributed by atoms with Gasteiger partial charge >= 0.3 is 11.6 Å². The van der Waals surface area contributed by atoms with Crippen LogP contribution in [-0.2, 0) is 20.9 Å². The zero-order valence-electron chi connectivity index (χ0n) is 16.8. The van der Waals surface area contributed by atoms with E-state index in [0.29, 0.717) is 22.6 Å². The van der Waals surface area contributed by atoms with Crippen LogP contribution in [0.4, 0.5) is 5.69 Å². The van der Waals surface area contributed by atoms with Crippen molar-refractivity contribution in [2.24, 2.45) is 0 Å². The molecule has 3 aromatic rings. The number of hydrogen-bond acceptors (Lipinski definition) is 6. The second-order valence-corrected chi connectivity index (χ2v) is 7.23. The highest BCUT2D eigenvalue weighted by molar-refractivity contribution is 5.99. The van der Waals surface area contributed by atoms with E-state index in [1.807, 2.05) is 19.9 Å². The minimum atomic E-state index is -0.578. The lowest BCUT2D eigenvalue weighted by atomic mass is 10.0. The number of rotatable bonds is 4. The highest BCUT2D eigenvalue weighted by Crippen LogP contribution is 2.31. The molecule has 0 N–H and O–H groups in total. The number of para-hydroxylation sites is 2. The fourth-order valence-corrected chi connectivity index (χ4v) is 3.43. The molecule has 2 aromatic carbocycles. The van der Waals surface area contributed by atoms with E-state index in [4.69, 9.17) is 13.9 Å². The van der Waals surface area contributed by atoms with E-state index in [9.17, 15) is 14.4 Å². The Morgan fingerprint density at radius 1 is 1.10 bits per heavy atom. The molecule has 1 aliphatic rings. The monoisotopic (exact) mass is 407 g/mol. The highest BCUT2D eigenvalue weighted by atomic mass is 16.5. The summed E-state index contributed by atoms with van der Waals surface area (Å²) in [6.07, 6.45) is 0.172. The largest absolute Gasteiger partial charge is 0.491 e. The minimum Gasteiger partial charge on any atom is -0.491 e. The molecule has 1 aliphatic heterocycles. The van der Waals surface area contributed by atoms with Gasteiger partial charge in [0.25, 0.3) is 0 Å². The SMILES string of the molecule is Cc1cc2oc(=O)cc(COC(=O)CN3C(=O)CCOc4ccccc43)c2cc1C.